The van der Waals surface area contributed by atoms with E-state index in [2.05, 4.69) is 159 Å². The molecule has 1 nitrogen and oxygen atoms in total. The van der Waals surface area contributed by atoms with E-state index < -0.39 is 0 Å². The fraction of sp³-hybridized carbons (Fsp3) is 0. The molecule has 0 bridgehead atoms. The smallest absolute Gasteiger partial charge is 0.250 e. The van der Waals surface area contributed by atoms with Crippen molar-refractivity contribution in [3.05, 3.63) is 188 Å². The zero-order valence-corrected chi connectivity index (χ0v) is 24.5. The van der Waals surface area contributed by atoms with E-state index in [0.29, 0.717) is 0 Å². The predicted octanol–water partition coefficient (Wildman–Crippen LogP) is 9.52. The minimum atomic E-state index is 0.0361. The van der Waals surface area contributed by atoms with Crippen molar-refractivity contribution < 1.29 is 4.74 Å². The van der Waals surface area contributed by atoms with Gasteiger partial charge >= 0.3 is 0 Å². The molecule has 0 fully saturated rings. The molecule has 6 aromatic rings. The van der Waals surface area contributed by atoms with Crippen molar-refractivity contribution in [3.63, 3.8) is 0 Å². The van der Waals surface area contributed by atoms with Gasteiger partial charge in [0.15, 0.2) is 0 Å². The second-order valence-electron chi connectivity index (χ2n) is 11.0. The van der Waals surface area contributed by atoms with Crippen LogP contribution in [0.1, 0.15) is 0 Å². The fourth-order valence-corrected chi connectivity index (χ4v) is 6.18. The number of allylic oxidation sites excluding steroid dienone is 3. The summed E-state index contributed by atoms with van der Waals surface area (Å²) in [6.45, 7) is 8.16. The van der Waals surface area contributed by atoms with Crippen LogP contribution >= 0.6 is 0 Å². The fourth-order valence-electron chi connectivity index (χ4n) is 6.18. The maximum absolute atomic E-state index is 6.41. The number of fused-ring (bicyclic) bond motifs is 1. The molecule has 208 valence electrons. The minimum Gasteiger partial charge on any atom is -0.458 e. The Bertz CT molecular complexity index is 2020. The Balaban J connectivity index is 1.23. The largest absolute Gasteiger partial charge is 0.458 e. The lowest BCUT2D eigenvalue weighted by Crippen LogP contribution is -2.47. The van der Waals surface area contributed by atoms with Crippen LogP contribution in [0, 0.1) is 0 Å². The van der Waals surface area contributed by atoms with Gasteiger partial charge < -0.3 is 4.74 Å². The van der Waals surface area contributed by atoms with Gasteiger partial charge in [0.25, 0.3) is 6.71 Å². The second-order valence-corrected chi connectivity index (χ2v) is 11.0. The molecule has 1 aliphatic rings. The molecule has 6 aromatic carbocycles. The summed E-state index contributed by atoms with van der Waals surface area (Å²) < 4.78 is 6.41. The van der Waals surface area contributed by atoms with E-state index >= 15 is 0 Å². The van der Waals surface area contributed by atoms with Gasteiger partial charge in [-0.2, -0.15) is 0 Å². The van der Waals surface area contributed by atoms with Crippen LogP contribution in [0.3, 0.4) is 0 Å². The molecule has 0 atom stereocenters. The molecule has 0 saturated carbocycles. The molecular formula is C42H31BO. The van der Waals surface area contributed by atoms with Crippen LogP contribution in [0.4, 0.5) is 0 Å². The van der Waals surface area contributed by atoms with Crippen molar-refractivity contribution in [2.24, 2.45) is 0 Å². The zero-order chi connectivity index (χ0) is 29.9. The van der Waals surface area contributed by atoms with E-state index in [4.69, 9.17) is 4.74 Å². The van der Waals surface area contributed by atoms with Gasteiger partial charge in [0.2, 0.25) is 0 Å². The molecule has 0 spiro atoms. The van der Waals surface area contributed by atoms with Gasteiger partial charge in [0.1, 0.15) is 11.5 Å². The number of ether oxygens (including phenoxy) is 1. The standard InChI is InChI=1S/C42H31BO/c1-3-39-41(4-2)44-42-29-37(24-25-40(42)43(39)38-22-9-6-10-23-38)36-21-13-20-35(28-36)34-19-12-18-33(27-34)32-17-11-16-31(26-32)30-14-7-5-8-15-30/h3-29H,1-2H2. The van der Waals surface area contributed by atoms with E-state index in [1.54, 1.807) is 6.08 Å². The van der Waals surface area contributed by atoms with E-state index in [1.165, 1.54) is 38.8 Å². The maximum atomic E-state index is 6.41. The molecule has 0 aliphatic carbocycles. The topological polar surface area (TPSA) is 9.23 Å². The third-order valence-electron chi connectivity index (χ3n) is 8.37. The van der Waals surface area contributed by atoms with E-state index in [-0.39, 0.29) is 6.71 Å². The summed E-state index contributed by atoms with van der Waals surface area (Å²) in [6.07, 6.45) is 3.67. The quantitative estimate of drug-likeness (QED) is 0.176. The predicted molar refractivity (Wildman–Crippen MR) is 188 cm³/mol. The molecule has 0 radical (unpaired) electrons. The highest BCUT2D eigenvalue weighted by atomic mass is 16.5. The SMILES string of the molecule is C=CC1=C(C=C)B(c2ccccc2)c2ccc(-c3cccc(-c4cccc(-c5cccc(-c6ccccc6)c5)c4)c3)cc2O1. The first-order valence-electron chi connectivity index (χ1n) is 14.9. The van der Waals surface area contributed by atoms with Gasteiger partial charge in [0.05, 0.1) is 0 Å². The van der Waals surface area contributed by atoms with Crippen LogP contribution in [0.15, 0.2) is 188 Å². The van der Waals surface area contributed by atoms with Crippen molar-refractivity contribution in [1.82, 2.24) is 0 Å². The summed E-state index contributed by atoms with van der Waals surface area (Å²) >= 11 is 0. The van der Waals surface area contributed by atoms with Crippen molar-refractivity contribution in [3.8, 4) is 50.3 Å². The van der Waals surface area contributed by atoms with Crippen LogP contribution in [-0.2, 0) is 0 Å². The highest BCUT2D eigenvalue weighted by molar-refractivity contribution is 6.92. The maximum Gasteiger partial charge on any atom is 0.250 e. The molecule has 0 aromatic heterocycles. The van der Waals surface area contributed by atoms with E-state index in [1.807, 2.05) is 12.1 Å². The van der Waals surface area contributed by atoms with Crippen molar-refractivity contribution in [1.29, 1.82) is 0 Å². The lowest BCUT2D eigenvalue weighted by atomic mass is 9.35. The Morgan fingerprint density at radius 2 is 0.886 bits per heavy atom. The average Bonchev–Trinajstić information content (AvgIpc) is 3.11. The highest BCUT2D eigenvalue weighted by Gasteiger charge is 2.32. The number of rotatable bonds is 7. The van der Waals surface area contributed by atoms with Crippen LogP contribution in [0.25, 0.3) is 44.5 Å². The second kappa shape index (κ2) is 12.0. The number of benzene rings is 6. The summed E-state index contributed by atoms with van der Waals surface area (Å²) in [4.78, 5) is 0. The molecule has 0 N–H and O–H groups in total. The molecule has 7 rings (SSSR count). The van der Waals surface area contributed by atoms with Crippen molar-refractivity contribution in [2.75, 3.05) is 0 Å². The third kappa shape index (κ3) is 5.23. The molecule has 44 heavy (non-hydrogen) atoms. The molecule has 1 heterocycles. The summed E-state index contributed by atoms with van der Waals surface area (Å²) in [5, 5.41) is 0. The Kier molecular flexibility index (Phi) is 7.40. The van der Waals surface area contributed by atoms with Gasteiger partial charge in [-0.25, -0.2) is 0 Å². The molecule has 0 unspecified atom stereocenters. The van der Waals surface area contributed by atoms with Crippen LogP contribution in [-0.4, -0.2) is 6.71 Å². The first-order valence-corrected chi connectivity index (χ1v) is 14.9. The van der Waals surface area contributed by atoms with Gasteiger partial charge in [-0.15, -0.1) is 0 Å². The van der Waals surface area contributed by atoms with Gasteiger partial charge in [-0.3, -0.25) is 0 Å². The van der Waals surface area contributed by atoms with E-state index in [0.717, 1.165) is 33.6 Å². The summed E-state index contributed by atoms with van der Waals surface area (Å²) in [7, 11) is 0. The number of hydrogen-bond acceptors (Lipinski definition) is 1. The van der Waals surface area contributed by atoms with Crippen molar-refractivity contribution in [2.45, 2.75) is 0 Å². The summed E-state index contributed by atoms with van der Waals surface area (Å²) in [6, 6.07) is 53.9. The zero-order valence-electron chi connectivity index (χ0n) is 24.5. The Labute approximate surface area is 260 Å². The monoisotopic (exact) mass is 562 g/mol. The normalized spacial score (nSPS) is 12.3. The lowest BCUT2D eigenvalue weighted by Gasteiger charge is -2.27. The van der Waals surface area contributed by atoms with Gasteiger partial charge in [0, 0.05) is 0 Å². The Morgan fingerprint density at radius 1 is 0.432 bits per heavy atom. The highest BCUT2D eigenvalue weighted by Crippen LogP contribution is 2.34. The average molecular weight is 563 g/mol. The summed E-state index contributed by atoms with van der Waals surface area (Å²) in [5.74, 6) is 1.60. The molecule has 0 amide bonds. The lowest BCUT2D eigenvalue weighted by molar-refractivity contribution is 0.443. The van der Waals surface area contributed by atoms with Gasteiger partial charge in [-0.1, -0.05) is 152 Å². The molecule has 0 saturated heterocycles. The van der Waals surface area contributed by atoms with Crippen LogP contribution < -0.4 is 15.7 Å². The first kappa shape index (κ1) is 27.3. The minimum absolute atomic E-state index is 0.0361. The summed E-state index contributed by atoms with van der Waals surface area (Å²) in [5.41, 5.74) is 12.8. The van der Waals surface area contributed by atoms with Gasteiger partial charge in [-0.05, 0) is 85.8 Å². The van der Waals surface area contributed by atoms with Crippen molar-refractivity contribution >= 4 is 17.6 Å². The third-order valence-corrected chi connectivity index (χ3v) is 8.37. The Morgan fingerprint density at radius 3 is 1.39 bits per heavy atom. The van der Waals surface area contributed by atoms with E-state index in [9.17, 15) is 0 Å². The first-order chi connectivity index (χ1) is 21.7. The molecule has 1 aliphatic heterocycles. The number of hydrogen-bond donors (Lipinski definition) is 0. The van der Waals surface area contributed by atoms with Crippen LogP contribution in [0.5, 0.6) is 5.75 Å². The Hall–Kier alpha value is -5.60. The molecular weight excluding hydrogens is 531 g/mol. The molecule has 2 heteroatoms. The van der Waals surface area contributed by atoms with Crippen LogP contribution in [0.2, 0.25) is 0 Å².